The Kier molecular flexibility index (Phi) is 63.9. The average Bonchev–Trinajstić information content (AvgIpc) is 3.47. The Labute approximate surface area is 499 Å². The third kappa shape index (κ3) is 66.0. The predicted octanol–water partition coefficient (Wildman–Crippen LogP) is 23.1. The summed E-state index contributed by atoms with van der Waals surface area (Å²) in [5.74, 6) is -0.924. The van der Waals surface area contributed by atoms with Gasteiger partial charge in [-0.15, -0.1) is 0 Å². The van der Waals surface area contributed by atoms with Gasteiger partial charge >= 0.3 is 17.9 Å². The number of unbranched alkanes of at least 4 members (excludes halogenated alkanes) is 24. The summed E-state index contributed by atoms with van der Waals surface area (Å²) >= 11 is 0. The van der Waals surface area contributed by atoms with Crippen LogP contribution in [0.25, 0.3) is 0 Å². The lowest BCUT2D eigenvalue weighted by molar-refractivity contribution is -0.167. The molecular weight excluding hydrogens is 997 g/mol. The molecule has 0 amide bonds. The van der Waals surface area contributed by atoms with Crippen LogP contribution in [0.5, 0.6) is 0 Å². The molecule has 1 atom stereocenters. The number of hydrogen-bond donors (Lipinski definition) is 0. The van der Waals surface area contributed by atoms with E-state index >= 15 is 0 Å². The molecule has 0 heterocycles. The van der Waals surface area contributed by atoms with Crippen LogP contribution in [0.1, 0.15) is 290 Å². The normalized spacial score (nSPS) is 13.1. The fourth-order valence-electron chi connectivity index (χ4n) is 8.85. The molecule has 0 aliphatic rings. The third-order valence-corrected chi connectivity index (χ3v) is 13.8. The standard InChI is InChI=1S/C75H122O6/c1-4-7-10-13-16-18-20-22-24-26-28-30-32-33-34-35-36-37-38-39-40-41-43-44-46-48-50-52-54-56-59-62-65-68-74(77)80-71-72(70-79-73(76)67-64-61-58-15-12-9-6-3)81-75(78)69-66-63-60-57-55-53-51-49-47-45-42-31-29-27-25-23-21-19-17-14-11-8-5-2/h7,10,16,18,21-24,27-30,33-34,36-37,39-40,42-45,48,50,72H,4-6,8-9,11-15,17,19-20,25-26,31-32,35,38,41,46-47,49,51-71H2,1-3H3/b10-7-,18-16-,23-21-,24-22-,29-27-,30-28-,34-33-,37-36-,40-39-,44-43-,45-42-,50-48-. The van der Waals surface area contributed by atoms with E-state index in [2.05, 4.69) is 167 Å². The molecule has 0 fully saturated rings. The maximum atomic E-state index is 12.9. The Balaban J connectivity index is 4.22. The molecule has 0 aromatic rings. The van der Waals surface area contributed by atoms with Gasteiger partial charge in [-0.3, -0.25) is 14.4 Å². The summed E-state index contributed by atoms with van der Waals surface area (Å²) in [4.78, 5) is 38.1. The zero-order chi connectivity index (χ0) is 58.5. The van der Waals surface area contributed by atoms with Crippen molar-refractivity contribution in [2.45, 2.75) is 297 Å². The first-order valence-corrected chi connectivity index (χ1v) is 33.3. The van der Waals surface area contributed by atoms with Crippen LogP contribution in [-0.2, 0) is 28.6 Å². The van der Waals surface area contributed by atoms with E-state index in [4.69, 9.17) is 14.2 Å². The summed E-state index contributed by atoms with van der Waals surface area (Å²) in [6.07, 6.45) is 97.4. The fraction of sp³-hybridized carbons (Fsp3) is 0.640. The monoisotopic (exact) mass is 1120 g/mol. The number of rotatable bonds is 59. The number of allylic oxidation sites excluding steroid dienone is 24. The second-order valence-corrected chi connectivity index (χ2v) is 21.6. The zero-order valence-corrected chi connectivity index (χ0v) is 52.5. The van der Waals surface area contributed by atoms with E-state index < -0.39 is 6.10 Å². The van der Waals surface area contributed by atoms with Gasteiger partial charge in [-0.2, -0.15) is 0 Å². The lowest BCUT2D eigenvalue weighted by Crippen LogP contribution is -2.30. The Morgan fingerprint density at radius 2 is 0.481 bits per heavy atom. The highest BCUT2D eigenvalue weighted by atomic mass is 16.6. The molecule has 0 bridgehead atoms. The van der Waals surface area contributed by atoms with Crippen molar-refractivity contribution in [1.29, 1.82) is 0 Å². The van der Waals surface area contributed by atoms with Crippen molar-refractivity contribution in [2.24, 2.45) is 0 Å². The SMILES string of the molecule is CC/C=C\C/C=C\C/C=C\C/C=C\C/C=C\C/C=C\C/C=C\C/C=C\C/C=C\CCCCCCCC(=O)OCC(COC(=O)CCCCCCCCC)OC(=O)CCCCCCCCCC/C=C\C/C=C\C/C=C\CCCCCCC. The maximum absolute atomic E-state index is 12.9. The van der Waals surface area contributed by atoms with Gasteiger partial charge in [0.1, 0.15) is 13.2 Å². The fourth-order valence-corrected chi connectivity index (χ4v) is 8.85. The quantitative estimate of drug-likeness (QED) is 0.0261. The van der Waals surface area contributed by atoms with Crippen molar-refractivity contribution in [1.82, 2.24) is 0 Å². The molecule has 0 saturated heterocycles. The van der Waals surface area contributed by atoms with Crippen LogP contribution in [0.2, 0.25) is 0 Å². The second kappa shape index (κ2) is 67.8. The highest BCUT2D eigenvalue weighted by Gasteiger charge is 2.19. The second-order valence-electron chi connectivity index (χ2n) is 21.6. The van der Waals surface area contributed by atoms with Crippen molar-refractivity contribution in [3.63, 3.8) is 0 Å². The van der Waals surface area contributed by atoms with Crippen molar-refractivity contribution < 1.29 is 28.6 Å². The highest BCUT2D eigenvalue weighted by molar-refractivity contribution is 5.71. The van der Waals surface area contributed by atoms with E-state index in [-0.39, 0.29) is 31.1 Å². The van der Waals surface area contributed by atoms with Gasteiger partial charge in [-0.05, 0) is 128 Å². The van der Waals surface area contributed by atoms with Crippen LogP contribution < -0.4 is 0 Å². The molecule has 6 nitrogen and oxygen atoms in total. The molecule has 0 aliphatic carbocycles. The summed E-state index contributed by atoms with van der Waals surface area (Å²) in [5, 5.41) is 0. The van der Waals surface area contributed by atoms with Gasteiger partial charge < -0.3 is 14.2 Å². The van der Waals surface area contributed by atoms with E-state index in [9.17, 15) is 14.4 Å². The first kappa shape index (κ1) is 76.3. The maximum Gasteiger partial charge on any atom is 0.306 e. The van der Waals surface area contributed by atoms with E-state index in [1.54, 1.807) is 0 Å². The van der Waals surface area contributed by atoms with Crippen LogP contribution in [0, 0.1) is 0 Å². The molecule has 0 aliphatic heterocycles. The number of hydrogen-bond acceptors (Lipinski definition) is 6. The third-order valence-electron chi connectivity index (χ3n) is 13.8. The summed E-state index contributed by atoms with van der Waals surface area (Å²) in [6, 6.07) is 0. The van der Waals surface area contributed by atoms with Gasteiger partial charge in [0.15, 0.2) is 6.10 Å². The van der Waals surface area contributed by atoms with E-state index in [0.717, 1.165) is 154 Å². The molecule has 458 valence electrons. The predicted molar refractivity (Wildman–Crippen MR) is 352 cm³/mol. The molecule has 0 N–H and O–H groups in total. The summed E-state index contributed by atoms with van der Waals surface area (Å²) < 4.78 is 16.8. The van der Waals surface area contributed by atoms with E-state index in [1.807, 2.05) is 0 Å². The topological polar surface area (TPSA) is 78.9 Å². The van der Waals surface area contributed by atoms with Gasteiger partial charge in [0.25, 0.3) is 0 Å². The Hall–Kier alpha value is -4.71. The lowest BCUT2D eigenvalue weighted by Gasteiger charge is -2.18. The zero-order valence-electron chi connectivity index (χ0n) is 52.5. The average molecular weight is 1120 g/mol. The molecule has 0 aromatic carbocycles. The van der Waals surface area contributed by atoms with Crippen LogP contribution >= 0.6 is 0 Å². The van der Waals surface area contributed by atoms with E-state index in [0.29, 0.717) is 19.3 Å². The van der Waals surface area contributed by atoms with Gasteiger partial charge in [0.05, 0.1) is 0 Å². The molecule has 0 saturated carbocycles. The van der Waals surface area contributed by atoms with Crippen molar-refractivity contribution in [2.75, 3.05) is 13.2 Å². The Bertz CT molecular complexity index is 1760. The van der Waals surface area contributed by atoms with Crippen molar-refractivity contribution >= 4 is 17.9 Å². The van der Waals surface area contributed by atoms with Crippen LogP contribution in [0.4, 0.5) is 0 Å². The molecule has 0 spiro atoms. The minimum Gasteiger partial charge on any atom is -0.462 e. The molecule has 1 unspecified atom stereocenters. The molecule has 0 aromatic heterocycles. The number of ether oxygens (including phenoxy) is 3. The number of carbonyl (C=O) groups is 3. The van der Waals surface area contributed by atoms with Crippen molar-refractivity contribution in [3.05, 3.63) is 146 Å². The smallest absolute Gasteiger partial charge is 0.306 e. The molecule has 6 heteroatoms. The van der Waals surface area contributed by atoms with E-state index in [1.165, 1.54) is 96.3 Å². The van der Waals surface area contributed by atoms with Crippen LogP contribution in [0.15, 0.2) is 146 Å². The number of carbonyl (C=O) groups excluding carboxylic acids is 3. The molecule has 0 radical (unpaired) electrons. The van der Waals surface area contributed by atoms with Gasteiger partial charge in [-0.25, -0.2) is 0 Å². The minimum absolute atomic E-state index is 0.0905. The Morgan fingerprint density at radius 1 is 0.259 bits per heavy atom. The first-order chi connectivity index (χ1) is 40.0. The largest absolute Gasteiger partial charge is 0.462 e. The Morgan fingerprint density at radius 3 is 0.753 bits per heavy atom. The van der Waals surface area contributed by atoms with Gasteiger partial charge in [-0.1, -0.05) is 289 Å². The summed E-state index contributed by atoms with van der Waals surface area (Å²) in [6.45, 7) is 6.45. The molecule has 0 rings (SSSR count). The van der Waals surface area contributed by atoms with Gasteiger partial charge in [0, 0.05) is 19.3 Å². The highest BCUT2D eigenvalue weighted by Crippen LogP contribution is 2.15. The molecule has 81 heavy (non-hydrogen) atoms. The van der Waals surface area contributed by atoms with Crippen LogP contribution in [-0.4, -0.2) is 37.2 Å². The van der Waals surface area contributed by atoms with Crippen LogP contribution in [0.3, 0.4) is 0 Å². The minimum atomic E-state index is -0.794. The number of esters is 3. The van der Waals surface area contributed by atoms with Gasteiger partial charge in [0.2, 0.25) is 0 Å². The lowest BCUT2D eigenvalue weighted by atomic mass is 10.1. The first-order valence-electron chi connectivity index (χ1n) is 33.3. The summed E-state index contributed by atoms with van der Waals surface area (Å²) in [5.41, 5.74) is 0. The van der Waals surface area contributed by atoms with Crippen molar-refractivity contribution in [3.8, 4) is 0 Å². The summed E-state index contributed by atoms with van der Waals surface area (Å²) in [7, 11) is 0. The molecular formula is C75H122O6.